The molecule has 1 aromatic carbocycles. The van der Waals surface area contributed by atoms with Gasteiger partial charge in [-0.25, -0.2) is 0 Å². The molecule has 0 atom stereocenters. The quantitative estimate of drug-likeness (QED) is 0.710. The van der Waals surface area contributed by atoms with Crippen LogP contribution in [0.5, 0.6) is 5.75 Å². The van der Waals surface area contributed by atoms with Crippen molar-refractivity contribution in [2.24, 2.45) is 0 Å². The molecule has 0 fully saturated rings. The van der Waals surface area contributed by atoms with E-state index < -0.39 is 0 Å². The van der Waals surface area contributed by atoms with Crippen molar-refractivity contribution in [2.75, 3.05) is 0 Å². The van der Waals surface area contributed by atoms with E-state index in [9.17, 15) is 14.7 Å². The Morgan fingerprint density at radius 3 is 2.77 bits per heavy atom. The lowest BCUT2D eigenvalue weighted by molar-refractivity contribution is -0.116. The van der Waals surface area contributed by atoms with E-state index in [1.165, 1.54) is 13.0 Å². The van der Waals surface area contributed by atoms with Crippen LogP contribution in [-0.2, 0) is 11.2 Å². The fourth-order valence-corrected chi connectivity index (χ4v) is 1.16. The Morgan fingerprint density at radius 1 is 1.54 bits per heavy atom. The molecule has 3 nitrogen and oxygen atoms in total. The smallest absolute Gasteiger partial charge is 0.154 e. The van der Waals surface area contributed by atoms with Crippen LogP contribution in [0.3, 0.4) is 0 Å². The summed E-state index contributed by atoms with van der Waals surface area (Å²) in [6.07, 6.45) is 0.746. The number of aldehydes is 1. The van der Waals surface area contributed by atoms with Gasteiger partial charge in [0, 0.05) is 6.42 Å². The molecule has 0 saturated heterocycles. The molecule has 0 aliphatic rings. The lowest BCUT2D eigenvalue weighted by Gasteiger charge is -2.03. The maximum atomic E-state index is 10.8. The number of rotatable bonds is 3. The molecular formula is C10H10O3. The summed E-state index contributed by atoms with van der Waals surface area (Å²) in [7, 11) is 0. The summed E-state index contributed by atoms with van der Waals surface area (Å²) in [5.41, 5.74) is 0.778. The van der Waals surface area contributed by atoms with Crippen LogP contribution >= 0.6 is 0 Å². The summed E-state index contributed by atoms with van der Waals surface area (Å²) in [5.74, 6) is -0.109. The van der Waals surface area contributed by atoms with E-state index in [2.05, 4.69) is 0 Å². The van der Waals surface area contributed by atoms with E-state index in [-0.39, 0.29) is 23.5 Å². The van der Waals surface area contributed by atoms with Gasteiger partial charge in [-0.1, -0.05) is 12.1 Å². The average molecular weight is 178 g/mol. The maximum absolute atomic E-state index is 10.8. The first-order chi connectivity index (χ1) is 6.15. The lowest BCUT2D eigenvalue weighted by atomic mass is 10.0. The van der Waals surface area contributed by atoms with Gasteiger partial charge in [-0.3, -0.25) is 9.59 Å². The average Bonchev–Trinajstić information content (AvgIpc) is 2.03. The fourth-order valence-electron chi connectivity index (χ4n) is 1.16. The minimum absolute atomic E-state index is 0.0336. The molecule has 0 heterocycles. The van der Waals surface area contributed by atoms with Crippen molar-refractivity contribution in [2.45, 2.75) is 13.3 Å². The van der Waals surface area contributed by atoms with Crippen LogP contribution < -0.4 is 0 Å². The number of hydrogen-bond acceptors (Lipinski definition) is 3. The van der Waals surface area contributed by atoms with Gasteiger partial charge < -0.3 is 5.11 Å². The standard InChI is InChI=1S/C10H10O3/c1-7(12)5-8-3-2-4-10(13)9(8)6-11/h2-4,6,13H,5H2,1H3. The Labute approximate surface area is 76.0 Å². The molecule has 0 aliphatic carbocycles. The summed E-state index contributed by atoms with van der Waals surface area (Å²) in [5, 5.41) is 9.26. The van der Waals surface area contributed by atoms with Crippen molar-refractivity contribution in [3.8, 4) is 5.75 Å². The molecule has 0 unspecified atom stereocenters. The van der Waals surface area contributed by atoms with Gasteiger partial charge >= 0.3 is 0 Å². The topological polar surface area (TPSA) is 54.4 Å². The number of benzene rings is 1. The predicted molar refractivity (Wildman–Crippen MR) is 47.9 cm³/mol. The van der Waals surface area contributed by atoms with Crippen molar-refractivity contribution < 1.29 is 14.7 Å². The van der Waals surface area contributed by atoms with E-state index in [4.69, 9.17) is 0 Å². The molecule has 13 heavy (non-hydrogen) atoms. The van der Waals surface area contributed by atoms with Gasteiger partial charge in [0.15, 0.2) is 6.29 Å². The molecule has 1 N–H and O–H groups in total. The second-order valence-electron chi connectivity index (χ2n) is 2.85. The molecule has 1 aromatic rings. The SMILES string of the molecule is CC(=O)Cc1cccc(O)c1C=O. The van der Waals surface area contributed by atoms with Crippen molar-refractivity contribution in [3.63, 3.8) is 0 Å². The van der Waals surface area contributed by atoms with Gasteiger partial charge in [-0.15, -0.1) is 0 Å². The number of ketones is 1. The fraction of sp³-hybridized carbons (Fsp3) is 0.200. The summed E-state index contributed by atoms with van der Waals surface area (Å²) in [4.78, 5) is 21.4. The Hall–Kier alpha value is -1.64. The highest BCUT2D eigenvalue weighted by Crippen LogP contribution is 2.19. The predicted octanol–water partition coefficient (Wildman–Crippen LogP) is 1.34. The van der Waals surface area contributed by atoms with Crippen LogP contribution in [0, 0.1) is 0 Å². The first-order valence-electron chi connectivity index (χ1n) is 3.90. The Balaban J connectivity index is 3.12. The molecule has 0 amide bonds. The normalized spacial score (nSPS) is 9.62. The molecule has 0 aliphatic heterocycles. The molecule has 0 aromatic heterocycles. The minimum atomic E-state index is -0.0752. The number of carbonyl (C=O) groups is 2. The first-order valence-corrected chi connectivity index (χ1v) is 3.90. The first kappa shape index (κ1) is 9.45. The van der Waals surface area contributed by atoms with Crippen molar-refractivity contribution in [1.29, 1.82) is 0 Å². The molecule has 0 bridgehead atoms. The molecule has 0 spiro atoms. The van der Waals surface area contributed by atoms with Crippen LogP contribution in [0.1, 0.15) is 22.8 Å². The highest BCUT2D eigenvalue weighted by atomic mass is 16.3. The van der Waals surface area contributed by atoms with Crippen molar-refractivity contribution in [1.82, 2.24) is 0 Å². The van der Waals surface area contributed by atoms with Crippen LogP contribution in [0.25, 0.3) is 0 Å². The zero-order valence-corrected chi connectivity index (χ0v) is 7.28. The second kappa shape index (κ2) is 3.85. The number of carbonyl (C=O) groups excluding carboxylic acids is 2. The third kappa shape index (κ3) is 2.15. The van der Waals surface area contributed by atoms with Gasteiger partial charge in [-0.2, -0.15) is 0 Å². The summed E-state index contributed by atoms with van der Waals surface area (Å²) >= 11 is 0. The van der Waals surface area contributed by atoms with E-state index >= 15 is 0 Å². The van der Waals surface area contributed by atoms with E-state index in [1.54, 1.807) is 12.1 Å². The highest BCUT2D eigenvalue weighted by Gasteiger charge is 2.07. The minimum Gasteiger partial charge on any atom is -0.507 e. The number of Topliss-reactive ketones (excluding diaryl/α,β-unsaturated/α-hetero) is 1. The summed E-state index contributed by atoms with van der Waals surface area (Å²) < 4.78 is 0. The third-order valence-corrected chi connectivity index (χ3v) is 1.73. The maximum Gasteiger partial charge on any atom is 0.154 e. The Bertz CT molecular complexity index is 342. The zero-order valence-electron chi connectivity index (χ0n) is 7.28. The highest BCUT2D eigenvalue weighted by molar-refractivity contribution is 5.86. The molecule has 0 radical (unpaired) electrons. The van der Waals surface area contributed by atoms with Crippen LogP contribution in [0.2, 0.25) is 0 Å². The monoisotopic (exact) mass is 178 g/mol. The molecule has 3 heteroatoms. The Morgan fingerprint density at radius 2 is 2.23 bits per heavy atom. The van der Waals surface area contributed by atoms with Crippen LogP contribution in [0.4, 0.5) is 0 Å². The van der Waals surface area contributed by atoms with E-state index in [1.807, 2.05) is 0 Å². The number of aromatic hydroxyl groups is 1. The summed E-state index contributed by atoms with van der Waals surface area (Å²) in [6.45, 7) is 1.44. The molecule has 0 saturated carbocycles. The number of phenolic OH excluding ortho intramolecular Hbond substituents is 1. The lowest BCUT2D eigenvalue weighted by Crippen LogP contribution is -2.00. The number of phenols is 1. The molecule has 1 rings (SSSR count). The van der Waals surface area contributed by atoms with Gasteiger partial charge in [-0.05, 0) is 18.6 Å². The second-order valence-corrected chi connectivity index (χ2v) is 2.85. The van der Waals surface area contributed by atoms with Crippen molar-refractivity contribution >= 4 is 12.1 Å². The van der Waals surface area contributed by atoms with Gasteiger partial charge in [0.25, 0.3) is 0 Å². The van der Waals surface area contributed by atoms with Gasteiger partial charge in [0.05, 0.1) is 5.56 Å². The van der Waals surface area contributed by atoms with Gasteiger partial charge in [0.2, 0.25) is 0 Å². The number of hydrogen-bond donors (Lipinski definition) is 1. The molecular weight excluding hydrogens is 168 g/mol. The molecule has 68 valence electrons. The summed E-state index contributed by atoms with van der Waals surface area (Å²) in [6, 6.07) is 4.69. The van der Waals surface area contributed by atoms with E-state index in [0.29, 0.717) is 11.8 Å². The van der Waals surface area contributed by atoms with Crippen molar-refractivity contribution in [3.05, 3.63) is 29.3 Å². The van der Waals surface area contributed by atoms with E-state index in [0.717, 1.165) is 0 Å². The zero-order chi connectivity index (χ0) is 9.84. The van der Waals surface area contributed by atoms with Crippen LogP contribution in [-0.4, -0.2) is 17.2 Å². The van der Waals surface area contributed by atoms with Gasteiger partial charge in [0.1, 0.15) is 11.5 Å². The third-order valence-electron chi connectivity index (χ3n) is 1.73. The largest absolute Gasteiger partial charge is 0.507 e. The van der Waals surface area contributed by atoms with Crippen LogP contribution in [0.15, 0.2) is 18.2 Å². The Kier molecular flexibility index (Phi) is 2.80.